The predicted octanol–water partition coefficient (Wildman–Crippen LogP) is 1.24. The summed E-state index contributed by atoms with van der Waals surface area (Å²) >= 11 is 0. The molecule has 18 heavy (non-hydrogen) atoms. The lowest BCUT2D eigenvalue weighted by Gasteiger charge is -2.29. The molecular weight excluding hydrogens is 226 g/mol. The van der Waals surface area contributed by atoms with E-state index < -0.39 is 0 Å². The van der Waals surface area contributed by atoms with Gasteiger partial charge in [-0.3, -0.25) is 0 Å². The molecule has 0 atom stereocenters. The fourth-order valence-corrected chi connectivity index (χ4v) is 2.80. The van der Waals surface area contributed by atoms with Gasteiger partial charge < -0.3 is 15.5 Å². The highest BCUT2D eigenvalue weighted by molar-refractivity contribution is 5.52. The molecule has 98 valence electrons. The molecule has 3 rings (SSSR count). The second-order valence-corrected chi connectivity index (χ2v) is 5.16. The molecule has 1 aliphatic heterocycles. The molecule has 1 saturated heterocycles. The molecule has 1 saturated carbocycles. The Bertz CT molecular complexity index is 383. The number of anilines is 2. The third-order valence-electron chi connectivity index (χ3n) is 3.83. The number of rotatable bonds is 3. The lowest BCUT2D eigenvalue weighted by atomic mass is 10.2. The molecule has 2 N–H and O–H groups in total. The van der Waals surface area contributed by atoms with Gasteiger partial charge in [0, 0.05) is 38.3 Å². The van der Waals surface area contributed by atoms with E-state index in [2.05, 4.69) is 31.8 Å². The lowest BCUT2D eigenvalue weighted by molar-refractivity contribution is 0.588. The Labute approximate surface area is 108 Å². The van der Waals surface area contributed by atoms with E-state index in [4.69, 9.17) is 0 Å². The highest BCUT2D eigenvalue weighted by Gasteiger charge is 2.16. The zero-order chi connectivity index (χ0) is 12.2. The van der Waals surface area contributed by atoms with Crippen molar-refractivity contribution in [2.24, 2.45) is 0 Å². The van der Waals surface area contributed by atoms with Gasteiger partial charge in [0.25, 0.3) is 0 Å². The van der Waals surface area contributed by atoms with E-state index in [0.717, 1.165) is 32.0 Å². The SMILES string of the molecule is c1nnc(NC2CCCC2)cc1N1CCNCC1. The van der Waals surface area contributed by atoms with Crippen LogP contribution in [-0.4, -0.2) is 42.4 Å². The van der Waals surface area contributed by atoms with Crippen molar-refractivity contribution in [1.82, 2.24) is 15.5 Å². The fraction of sp³-hybridized carbons (Fsp3) is 0.692. The van der Waals surface area contributed by atoms with Crippen molar-refractivity contribution in [2.45, 2.75) is 31.7 Å². The second-order valence-electron chi connectivity index (χ2n) is 5.16. The molecular formula is C13H21N5. The maximum absolute atomic E-state index is 4.19. The Balaban J connectivity index is 1.67. The van der Waals surface area contributed by atoms with Crippen LogP contribution in [0.5, 0.6) is 0 Å². The number of hydrogen-bond donors (Lipinski definition) is 2. The molecule has 0 bridgehead atoms. The first-order valence-electron chi connectivity index (χ1n) is 6.97. The first kappa shape index (κ1) is 11.7. The van der Waals surface area contributed by atoms with Crippen LogP contribution in [-0.2, 0) is 0 Å². The van der Waals surface area contributed by atoms with Crippen LogP contribution in [0.3, 0.4) is 0 Å². The van der Waals surface area contributed by atoms with E-state index in [9.17, 15) is 0 Å². The second kappa shape index (κ2) is 5.52. The van der Waals surface area contributed by atoms with Gasteiger partial charge in [-0.15, -0.1) is 5.10 Å². The number of hydrogen-bond acceptors (Lipinski definition) is 5. The fourth-order valence-electron chi connectivity index (χ4n) is 2.80. The first-order chi connectivity index (χ1) is 8.92. The van der Waals surface area contributed by atoms with Crippen molar-refractivity contribution < 1.29 is 0 Å². The van der Waals surface area contributed by atoms with E-state index in [0.29, 0.717) is 6.04 Å². The van der Waals surface area contributed by atoms with Crippen molar-refractivity contribution in [3.05, 3.63) is 12.3 Å². The summed E-state index contributed by atoms with van der Waals surface area (Å²) in [7, 11) is 0. The lowest BCUT2D eigenvalue weighted by Crippen LogP contribution is -2.43. The van der Waals surface area contributed by atoms with Crippen molar-refractivity contribution in [1.29, 1.82) is 0 Å². The van der Waals surface area contributed by atoms with E-state index in [-0.39, 0.29) is 0 Å². The average Bonchev–Trinajstić information content (AvgIpc) is 2.93. The minimum atomic E-state index is 0.595. The number of piperazine rings is 1. The van der Waals surface area contributed by atoms with Crippen molar-refractivity contribution in [3.8, 4) is 0 Å². The number of aromatic nitrogens is 2. The smallest absolute Gasteiger partial charge is 0.150 e. The Hall–Kier alpha value is -1.36. The van der Waals surface area contributed by atoms with Gasteiger partial charge in [0.15, 0.2) is 5.82 Å². The Morgan fingerprint density at radius 2 is 2.00 bits per heavy atom. The first-order valence-corrected chi connectivity index (χ1v) is 6.97. The molecule has 2 aliphatic rings. The molecule has 0 radical (unpaired) electrons. The van der Waals surface area contributed by atoms with Crippen LogP contribution in [0.15, 0.2) is 12.3 Å². The topological polar surface area (TPSA) is 53.1 Å². The molecule has 0 unspecified atom stereocenters. The molecule has 0 spiro atoms. The normalized spacial score (nSPS) is 21.2. The summed E-state index contributed by atoms with van der Waals surface area (Å²) in [5.41, 5.74) is 1.19. The van der Waals surface area contributed by atoms with Crippen molar-refractivity contribution in [3.63, 3.8) is 0 Å². The average molecular weight is 247 g/mol. The molecule has 1 aromatic rings. The Morgan fingerprint density at radius 1 is 1.22 bits per heavy atom. The maximum atomic E-state index is 4.19. The molecule has 2 heterocycles. The van der Waals surface area contributed by atoms with Gasteiger partial charge in [0.05, 0.1) is 11.9 Å². The zero-order valence-electron chi connectivity index (χ0n) is 10.7. The highest BCUT2D eigenvalue weighted by atomic mass is 15.2. The van der Waals surface area contributed by atoms with Gasteiger partial charge in [0.2, 0.25) is 0 Å². The van der Waals surface area contributed by atoms with Gasteiger partial charge in [-0.05, 0) is 12.8 Å². The molecule has 5 heteroatoms. The van der Waals surface area contributed by atoms with Crippen LogP contribution in [0.25, 0.3) is 0 Å². The summed E-state index contributed by atoms with van der Waals surface area (Å²) in [6.07, 6.45) is 7.06. The van der Waals surface area contributed by atoms with Crippen LogP contribution < -0.4 is 15.5 Å². The molecule has 5 nitrogen and oxygen atoms in total. The predicted molar refractivity (Wildman–Crippen MR) is 73.0 cm³/mol. The zero-order valence-corrected chi connectivity index (χ0v) is 10.7. The van der Waals surface area contributed by atoms with Crippen molar-refractivity contribution in [2.75, 3.05) is 36.4 Å². The number of nitrogens with zero attached hydrogens (tertiary/aromatic N) is 3. The summed E-state index contributed by atoms with van der Waals surface area (Å²) < 4.78 is 0. The molecule has 1 aromatic heterocycles. The third-order valence-corrected chi connectivity index (χ3v) is 3.83. The van der Waals surface area contributed by atoms with Gasteiger partial charge in [-0.2, -0.15) is 5.10 Å². The summed E-state index contributed by atoms with van der Waals surface area (Å²) in [6.45, 7) is 4.20. The van der Waals surface area contributed by atoms with E-state index in [1.807, 2.05) is 6.20 Å². The van der Waals surface area contributed by atoms with Crippen LogP contribution >= 0.6 is 0 Å². The van der Waals surface area contributed by atoms with Crippen LogP contribution in [0.2, 0.25) is 0 Å². The molecule has 0 amide bonds. The van der Waals surface area contributed by atoms with Gasteiger partial charge in [-0.1, -0.05) is 12.8 Å². The standard InChI is InChI=1S/C13H21N5/c1-2-4-11(3-1)16-13-9-12(10-15-17-13)18-7-5-14-6-8-18/h9-11,14H,1-8H2,(H,16,17). The minimum Gasteiger partial charge on any atom is -0.368 e. The van der Waals surface area contributed by atoms with Gasteiger partial charge in [-0.25, -0.2) is 0 Å². The monoisotopic (exact) mass is 247 g/mol. The Morgan fingerprint density at radius 3 is 2.78 bits per heavy atom. The molecule has 1 aliphatic carbocycles. The van der Waals surface area contributed by atoms with E-state index in [1.54, 1.807) is 0 Å². The quantitative estimate of drug-likeness (QED) is 0.841. The van der Waals surface area contributed by atoms with Crippen molar-refractivity contribution >= 4 is 11.5 Å². The van der Waals surface area contributed by atoms with E-state index >= 15 is 0 Å². The highest BCUT2D eigenvalue weighted by Crippen LogP contribution is 2.23. The van der Waals surface area contributed by atoms with Crippen LogP contribution in [0.4, 0.5) is 11.5 Å². The largest absolute Gasteiger partial charge is 0.368 e. The van der Waals surface area contributed by atoms with Crippen LogP contribution in [0, 0.1) is 0 Å². The van der Waals surface area contributed by atoms with Gasteiger partial charge >= 0.3 is 0 Å². The summed E-state index contributed by atoms with van der Waals surface area (Å²) in [5.74, 6) is 0.929. The van der Waals surface area contributed by atoms with Crippen LogP contribution in [0.1, 0.15) is 25.7 Å². The Kier molecular flexibility index (Phi) is 3.59. The maximum Gasteiger partial charge on any atom is 0.150 e. The summed E-state index contributed by atoms with van der Waals surface area (Å²) in [6, 6.07) is 2.73. The third kappa shape index (κ3) is 2.72. The van der Waals surface area contributed by atoms with E-state index in [1.165, 1.54) is 31.4 Å². The summed E-state index contributed by atoms with van der Waals surface area (Å²) in [4.78, 5) is 2.37. The molecule has 0 aromatic carbocycles. The summed E-state index contributed by atoms with van der Waals surface area (Å²) in [5, 5.41) is 15.2. The number of nitrogens with one attached hydrogen (secondary N) is 2. The van der Waals surface area contributed by atoms with Gasteiger partial charge in [0.1, 0.15) is 0 Å². The molecule has 2 fully saturated rings. The minimum absolute atomic E-state index is 0.595.